The van der Waals surface area contributed by atoms with Crippen LogP contribution in [0.15, 0.2) is 18.2 Å². The fraction of sp³-hybridized carbons (Fsp3) is 0.538. The molecule has 2 rings (SSSR count). The first-order chi connectivity index (χ1) is 9.13. The molecule has 1 aliphatic heterocycles. The van der Waals surface area contributed by atoms with E-state index >= 15 is 0 Å². The lowest BCUT2D eigenvalue weighted by Gasteiger charge is -2.35. The summed E-state index contributed by atoms with van der Waals surface area (Å²) in [7, 11) is 1.76. The second-order valence-electron chi connectivity index (χ2n) is 4.62. The minimum absolute atomic E-state index is 0.0812. The highest BCUT2D eigenvalue weighted by molar-refractivity contribution is 5.92. The molecule has 1 aliphatic rings. The summed E-state index contributed by atoms with van der Waals surface area (Å²) in [6, 6.07) is 5.28. The van der Waals surface area contributed by atoms with Crippen molar-refractivity contribution >= 4 is 11.7 Å². The number of nitrogens with one attached hydrogen (secondary N) is 1. The third kappa shape index (κ3) is 3.21. The number of aromatic nitrogens is 1. The second kappa shape index (κ2) is 5.99. The number of nitrogens with zero attached hydrogens (tertiary/aromatic N) is 2. The SMILES string of the molecule is CNc1cccc(C(=O)N2CC(C)OC(CO)C2)n1. The Morgan fingerprint density at radius 3 is 3.05 bits per heavy atom. The van der Waals surface area contributed by atoms with Crippen molar-refractivity contribution in [3.63, 3.8) is 0 Å². The van der Waals surface area contributed by atoms with E-state index in [2.05, 4.69) is 10.3 Å². The van der Waals surface area contributed by atoms with Gasteiger partial charge in [-0.05, 0) is 19.1 Å². The lowest BCUT2D eigenvalue weighted by Crippen LogP contribution is -2.50. The smallest absolute Gasteiger partial charge is 0.272 e. The molecular formula is C13H19N3O3. The van der Waals surface area contributed by atoms with Crippen LogP contribution in [0.4, 0.5) is 5.82 Å². The summed E-state index contributed by atoms with van der Waals surface area (Å²) in [5.74, 6) is 0.525. The quantitative estimate of drug-likeness (QED) is 0.824. The Labute approximate surface area is 112 Å². The van der Waals surface area contributed by atoms with Gasteiger partial charge < -0.3 is 20.1 Å². The Hall–Kier alpha value is -1.66. The summed E-state index contributed by atoms with van der Waals surface area (Å²) >= 11 is 0. The van der Waals surface area contributed by atoms with Crippen molar-refractivity contribution in [1.82, 2.24) is 9.88 Å². The van der Waals surface area contributed by atoms with Gasteiger partial charge in [0, 0.05) is 20.1 Å². The zero-order valence-corrected chi connectivity index (χ0v) is 11.2. The van der Waals surface area contributed by atoms with Crippen LogP contribution in [0.3, 0.4) is 0 Å². The van der Waals surface area contributed by atoms with Crippen molar-refractivity contribution in [2.24, 2.45) is 0 Å². The molecule has 6 heteroatoms. The van der Waals surface area contributed by atoms with E-state index in [-0.39, 0.29) is 24.7 Å². The number of amides is 1. The predicted molar refractivity (Wildman–Crippen MR) is 71.1 cm³/mol. The van der Waals surface area contributed by atoms with Gasteiger partial charge in [-0.1, -0.05) is 6.07 Å². The number of aliphatic hydroxyl groups is 1. The average Bonchev–Trinajstić information content (AvgIpc) is 2.45. The van der Waals surface area contributed by atoms with E-state index in [0.717, 1.165) is 0 Å². The fourth-order valence-corrected chi connectivity index (χ4v) is 2.17. The molecule has 1 amide bonds. The van der Waals surface area contributed by atoms with Crippen molar-refractivity contribution in [2.45, 2.75) is 19.1 Å². The Bertz CT molecular complexity index is 453. The monoisotopic (exact) mass is 265 g/mol. The third-order valence-electron chi connectivity index (χ3n) is 3.04. The number of rotatable bonds is 3. The van der Waals surface area contributed by atoms with Crippen LogP contribution in [0.2, 0.25) is 0 Å². The van der Waals surface area contributed by atoms with Crippen LogP contribution in [0, 0.1) is 0 Å². The Morgan fingerprint density at radius 2 is 2.37 bits per heavy atom. The zero-order chi connectivity index (χ0) is 13.8. The number of hydrogen-bond donors (Lipinski definition) is 2. The standard InChI is InChI=1S/C13H19N3O3/c1-9-6-16(7-10(8-17)19-9)13(18)11-4-3-5-12(14-2)15-11/h3-5,9-10,17H,6-8H2,1-2H3,(H,14,15). The van der Waals surface area contributed by atoms with E-state index in [0.29, 0.717) is 24.6 Å². The summed E-state index contributed by atoms with van der Waals surface area (Å²) in [6.07, 6.45) is -0.400. The van der Waals surface area contributed by atoms with Crippen molar-refractivity contribution in [3.05, 3.63) is 23.9 Å². The van der Waals surface area contributed by atoms with Crippen LogP contribution in [0.5, 0.6) is 0 Å². The van der Waals surface area contributed by atoms with Crippen molar-refractivity contribution < 1.29 is 14.6 Å². The van der Waals surface area contributed by atoms with Crippen molar-refractivity contribution in [2.75, 3.05) is 32.1 Å². The van der Waals surface area contributed by atoms with Gasteiger partial charge in [0.15, 0.2) is 0 Å². The second-order valence-corrected chi connectivity index (χ2v) is 4.62. The number of morpholine rings is 1. The molecule has 0 saturated carbocycles. The van der Waals surface area contributed by atoms with Crippen LogP contribution in [-0.4, -0.2) is 59.8 Å². The Morgan fingerprint density at radius 1 is 1.58 bits per heavy atom. The van der Waals surface area contributed by atoms with Gasteiger partial charge in [-0.3, -0.25) is 4.79 Å². The van der Waals surface area contributed by atoms with E-state index < -0.39 is 0 Å². The first-order valence-corrected chi connectivity index (χ1v) is 6.34. The summed E-state index contributed by atoms with van der Waals surface area (Å²) in [5, 5.41) is 12.1. The van der Waals surface area contributed by atoms with Crippen LogP contribution in [0.25, 0.3) is 0 Å². The van der Waals surface area contributed by atoms with Crippen molar-refractivity contribution in [1.29, 1.82) is 0 Å². The van der Waals surface area contributed by atoms with Gasteiger partial charge in [0.25, 0.3) is 5.91 Å². The third-order valence-corrected chi connectivity index (χ3v) is 3.04. The van der Waals surface area contributed by atoms with Gasteiger partial charge >= 0.3 is 0 Å². The summed E-state index contributed by atoms with van der Waals surface area (Å²) in [6.45, 7) is 2.71. The largest absolute Gasteiger partial charge is 0.394 e. The first-order valence-electron chi connectivity index (χ1n) is 6.34. The molecule has 6 nitrogen and oxygen atoms in total. The van der Waals surface area contributed by atoms with E-state index in [1.807, 2.05) is 6.92 Å². The lowest BCUT2D eigenvalue weighted by molar-refractivity contribution is -0.0859. The summed E-state index contributed by atoms with van der Waals surface area (Å²) < 4.78 is 5.52. The fourth-order valence-electron chi connectivity index (χ4n) is 2.17. The molecule has 1 saturated heterocycles. The van der Waals surface area contributed by atoms with Crippen molar-refractivity contribution in [3.8, 4) is 0 Å². The molecule has 19 heavy (non-hydrogen) atoms. The number of anilines is 1. The molecule has 1 aromatic heterocycles. The van der Waals surface area contributed by atoms with E-state index in [9.17, 15) is 9.90 Å². The first kappa shape index (κ1) is 13.8. The van der Waals surface area contributed by atoms with Gasteiger partial charge in [0.05, 0.1) is 18.8 Å². The molecule has 0 spiro atoms. The molecule has 2 unspecified atom stereocenters. The molecular weight excluding hydrogens is 246 g/mol. The van der Waals surface area contributed by atoms with Crippen LogP contribution >= 0.6 is 0 Å². The van der Waals surface area contributed by atoms with Crippen LogP contribution < -0.4 is 5.32 Å². The van der Waals surface area contributed by atoms with E-state index in [4.69, 9.17) is 4.74 Å². The lowest BCUT2D eigenvalue weighted by atomic mass is 10.2. The molecule has 0 aliphatic carbocycles. The number of pyridine rings is 1. The van der Waals surface area contributed by atoms with Gasteiger partial charge in [0.2, 0.25) is 0 Å². The van der Waals surface area contributed by atoms with Gasteiger partial charge in [-0.2, -0.15) is 0 Å². The van der Waals surface area contributed by atoms with Crippen LogP contribution in [-0.2, 0) is 4.74 Å². The summed E-state index contributed by atoms with van der Waals surface area (Å²) in [5.41, 5.74) is 0.401. The van der Waals surface area contributed by atoms with Crippen LogP contribution in [0.1, 0.15) is 17.4 Å². The average molecular weight is 265 g/mol. The van der Waals surface area contributed by atoms with E-state index in [1.54, 1.807) is 30.1 Å². The van der Waals surface area contributed by atoms with Gasteiger partial charge in [0.1, 0.15) is 11.5 Å². The normalized spacial score (nSPS) is 23.2. The maximum Gasteiger partial charge on any atom is 0.272 e. The number of hydrogen-bond acceptors (Lipinski definition) is 5. The number of carbonyl (C=O) groups excluding carboxylic acids is 1. The molecule has 104 valence electrons. The predicted octanol–water partition coefficient (Wildman–Crippen LogP) is 0.345. The molecule has 2 atom stereocenters. The number of aliphatic hydroxyl groups excluding tert-OH is 1. The molecule has 1 fully saturated rings. The topological polar surface area (TPSA) is 74.7 Å². The zero-order valence-electron chi connectivity index (χ0n) is 11.2. The minimum Gasteiger partial charge on any atom is -0.394 e. The molecule has 1 aromatic rings. The van der Waals surface area contributed by atoms with Gasteiger partial charge in [-0.15, -0.1) is 0 Å². The molecule has 2 heterocycles. The summed E-state index contributed by atoms with van der Waals surface area (Å²) in [4.78, 5) is 18.3. The Balaban J connectivity index is 2.13. The number of ether oxygens (including phenoxy) is 1. The molecule has 0 radical (unpaired) electrons. The highest BCUT2D eigenvalue weighted by Gasteiger charge is 2.29. The molecule has 0 aromatic carbocycles. The Kier molecular flexibility index (Phi) is 4.34. The highest BCUT2D eigenvalue weighted by Crippen LogP contribution is 2.14. The highest BCUT2D eigenvalue weighted by atomic mass is 16.5. The van der Waals surface area contributed by atoms with Gasteiger partial charge in [-0.25, -0.2) is 4.98 Å². The maximum absolute atomic E-state index is 12.4. The number of carbonyl (C=O) groups is 1. The molecule has 2 N–H and O–H groups in total. The minimum atomic E-state index is -0.319. The van der Waals surface area contributed by atoms with E-state index in [1.165, 1.54) is 0 Å². The molecule has 0 bridgehead atoms. The maximum atomic E-state index is 12.4.